The second kappa shape index (κ2) is 5.52. The van der Waals surface area contributed by atoms with E-state index in [1.807, 2.05) is 6.92 Å². The summed E-state index contributed by atoms with van der Waals surface area (Å²) in [5.41, 5.74) is 1.89. The van der Waals surface area contributed by atoms with E-state index in [0.29, 0.717) is 29.1 Å². The van der Waals surface area contributed by atoms with E-state index in [2.05, 4.69) is 9.72 Å². The van der Waals surface area contributed by atoms with Crippen LogP contribution in [0, 0.1) is 13.8 Å². The summed E-state index contributed by atoms with van der Waals surface area (Å²) >= 11 is 0. The van der Waals surface area contributed by atoms with Gasteiger partial charge in [0.15, 0.2) is 0 Å². The summed E-state index contributed by atoms with van der Waals surface area (Å²) in [5, 5.41) is 0. The van der Waals surface area contributed by atoms with Gasteiger partial charge in [0.1, 0.15) is 5.69 Å². The molecule has 1 rings (SSSR count). The van der Waals surface area contributed by atoms with Gasteiger partial charge < -0.3 is 14.5 Å². The van der Waals surface area contributed by atoms with Crippen LogP contribution in [0.2, 0.25) is 0 Å². The van der Waals surface area contributed by atoms with E-state index in [0.717, 1.165) is 6.42 Å². The van der Waals surface area contributed by atoms with Crippen molar-refractivity contribution in [3.8, 4) is 0 Å². The maximum absolute atomic E-state index is 11.7. The van der Waals surface area contributed by atoms with E-state index in [-0.39, 0.29) is 0 Å². The number of esters is 2. The summed E-state index contributed by atoms with van der Waals surface area (Å²) < 4.78 is 9.68. The number of methoxy groups -OCH3 is 1. The van der Waals surface area contributed by atoms with E-state index in [1.54, 1.807) is 13.8 Å². The number of hydrogen-bond acceptors (Lipinski definition) is 4. The largest absolute Gasteiger partial charge is 0.465 e. The Morgan fingerprint density at radius 3 is 2.41 bits per heavy atom. The number of aromatic amines is 1. The van der Waals surface area contributed by atoms with Crippen molar-refractivity contribution >= 4 is 11.9 Å². The Labute approximate surface area is 100 Å². The number of aryl methyl sites for hydroxylation is 1. The van der Waals surface area contributed by atoms with Crippen LogP contribution in [0.15, 0.2) is 0 Å². The van der Waals surface area contributed by atoms with Crippen LogP contribution in [0.5, 0.6) is 0 Å². The van der Waals surface area contributed by atoms with Crippen molar-refractivity contribution in [2.75, 3.05) is 13.7 Å². The molecule has 94 valence electrons. The van der Waals surface area contributed by atoms with Crippen molar-refractivity contribution in [3.63, 3.8) is 0 Å². The smallest absolute Gasteiger partial charge is 0.355 e. The van der Waals surface area contributed by atoms with E-state index >= 15 is 0 Å². The molecule has 0 atom stereocenters. The standard InChI is InChI=1S/C12H17NO4/c1-5-6-17-12(15)10-7(2)9(8(3)13-10)11(14)16-4/h13H,5-6H2,1-4H3. The monoisotopic (exact) mass is 239 g/mol. The molecule has 0 amide bonds. The van der Waals surface area contributed by atoms with Crippen LogP contribution in [0.1, 0.15) is 45.4 Å². The maximum atomic E-state index is 11.7. The minimum absolute atomic E-state index is 0.316. The van der Waals surface area contributed by atoms with Gasteiger partial charge in [0, 0.05) is 5.69 Å². The van der Waals surface area contributed by atoms with Crippen LogP contribution in [-0.4, -0.2) is 30.6 Å². The number of hydrogen-bond donors (Lipinski definition) is 1. The predicted molar refractivity (Wildman–Crippen MR) is 62.2 cm³/mol. The lowest BCUT2D eigenvalue weighted by Gasteiger charge is -2.02. The zero-order valence-electron chi connectivity index (χ0n) is 10.5. The van der Waals surface area contributed by atoms with Crippen LogP contribution in [0.4, 0.5) is 0 Å². The van der Waals surface area contributed by atoms with Gasteiger partial charge in [0.05, 0.1) is 19.3 Å². The van der Waals surface area contributed by atoms with Gasteiger partial charge in [0.2, 0.25) is 0 Å². The molecule has 0 saturated heterocycles. The number of carbonyl (C=O) groups is 2. The lowest BCUT2D eigenvalue weighted by molar-refractivity contribution is 0.0498. The van der Waals surface area contributed by atoms with Crippen LogP contribution < -0.4 is 0 Å². The van der Waals surface area contributed by atoms with E-state index in [1.165, 1.54) is 7.11 Å². The molecular weight excluding hydrogens is 222 g/mol. The zero-order valence-corrected chi connectivity index (χ0v) is 10.5. The average molecular weight is 239 g/mol. The highest BCUT2D eigenvalue weighted by molar-refractivity contribution is 5.98. The zero-order chi connectivity index (χ0) is 13.0. The van der Waals surface area contributed by atoms with Gasteiger partial charge >= 0.3 is 11.9 Å². The van der Waals surface area contributed by atoms with E-state index in [4.69, 9.17) is 4.74 Å². The summed E-state index contributed by atoms with van der Waals surface area (Å²) in [7, 11) is 1.31. The number of carbonyl (C=O) groups excluding carboxylic acids is 2. The number of ether oxygens (including phenoxy) is 2. The van der Waals surface area contributed by atoms with Gasteiger partial charge in [-0.1, -0.05) is 6.92 Å². The minimum Gasteiger partial charge on any atom is -0.465 e. The van der Waals surface area contributed by atoms with Crippen molar-refractivity contribution in [1.82, 2.24) is 4.98 Å². The molecule has 0 aliphatic carbocycles. The summed E-state index contributed by atoms with van der Waals surface area (Å²) in [6.07, 6.45) is 0.758. The Morgan fingerprint density at radius 1 is 1.24 bits per heavy atom. The molecule has 1 heterocycles. The minimum atomic E-state index is -0.453. The molecule has 0 fully saturated rings. The maximum Gasteiger partial charge on any atom is 0.355 e. The topological polar surface area (TPSA) is 68.4 Å². The molecule has 1 aromatic rings. The first-order valence-corrected chi connectivity index (χ1v) is 5.47. The Morgan fingerprint density at radius 2 is 1.88 bits per heavy atom. The SMILES string of the molecule is CCCOC(=O)c1[nH]c(C)c(C(=O)OC)c1C. The fourth-order valence-electron chi connectivity index (χ4n) is 1.63. The van der Waals surface area contributed by atoms with Crippen LogP contribution in [0.3, 0.4) is 0 Å². The molecule has 0 aromatic carbocycles. The summed E-state index contributed by atoms with van der Waals surface area (Å²) in [6.45, 7) is 5.69. The van der Waals surface area contributed by atoms with Gasteiger partial charge in [-0.2, -0.15) is 0 Å². The van der Waals surface area contributed by atoms with Crippen molar-refractivity contribution in [2.24, 2.45) is 0 Å². The number of nitrogens with one attached hydrogen (secondary N) is 1. The number of H-pyrrole nitrogens is 1. The molecule has 5 nitrogen and oxygen atoms in total. The van der Waals surface area contributed by atoms with Crippen LogP contribution in [-0.2, 0) is 9.47 Å². The lowest BCUT2D eigenvalue weighted by atomic mass is 10.1. The molecule has 0 saturated carbocycles. The second-order valence-electron chi connectivity index (χ2n) is 3.75. The second-order valence-corrected chi connectivity index (χ2v) is 3.75. The third kappa shape index (κ3) is 2.67. The van der Waals surface area contributed by atoms with Crippen molar-refractivity contribution < 1.29 is 19.1 Å². The average Bonchev–Trinajstić information content (AvgIpc) is 2.61. The lowest BCUT2D eigenvalue weighted by Crippen LogP contribution is -2.09. The first-order chi connectivity index (χ1) is 8.02. The van der Waals surface area contributed by atoms with Crippen molar-refractivity contribution in [2.45, 2.75) is 27.2 Å². The van der Waals surface area contributed by atoms with E-state index in [9.17, 15) is 9.59 Å². The molecular formula is C12H17NO4. The molecule has 0 aliphatic rings. The molecule has 1 aromatic heterocycles. The third-order valence-corrected chi connectivity index (χ3v) is 2.47. The van der Waals surface area contributed by atoms with Gasteiger partial charge in [-0.15, -0.1) is 0 Å². The number of aromatic nitrogens is 1. The van der Waals surface area contributed by atoms with Crippen molar-refractivity contribution in [1.29, 1.82) is 0 Å². The predicted octanol–water partition coefficient (Wildman–Crippen LogP) is 1.98. The third-order valence-electron chi connectivity index (χ3n) is 2.47. The first-order valence-electron chi connectivity index (χ1n) is 5.47. The molecule has 0 spiro atoms. The van der Waals surface area contributed by atoms with Crippen LogP contribution >= 0.6 is 0 Å². The first kappa shape index (κ1) is 13.3. The molecule has 0 unspecified atom stereocenters. The van der Waals surface area contributed by atoms with Gasteiger partial charge in [0.25, 0.3) is 0 Å². The summed E-state index contributed by atoms with van der Waals surface area (Å²) in [6, 6.07) is 0. The Hall–Kier alpha value is -1.78. The van der Waals surface area contributed by atoms with Gasteiger partial charge in [-0.3, -0.25) is 0 Å². The number of rotatable bonds is 4. The highest BCUT2D eigenvalue weighted by atomic mass is 16.5. The van der Waals surface area contributed by atoms with Gasteiger partial charge in [-0.05, 0) is 25.8 Å². The quantitative estimate of drug-likeness (QED) is 0.816. The summed E-state index contributed by atoms with van der Waals surface area (Å²) in [4.78, 5) is 26.1. The molecule has 0 aliphatic heterocycles. The highest BCUT2D eigenvalue weighted by Gasteiger charge is 2.22. The Kier molecular flexibility index (Phi) is 4.31. The normalized spacial score (nSPS) is 10.1. The molecule has 0 bridgehead atoms. The summed E-state index contributed by atoms with van der Waals surface area (Å²) in [5.74, 6) is -0.895. The van der Waals surface area contributed by atoms with Crippen molar-refractivity contribution in [3.05, 3.63) is 22.5 Å². The fourth-order valence-corrected chi connectivity index (χ4v) is 1.63. The van der Waals surface area contributed by atoms with E-state index < -0.39 is 11.9 Å². The Bertz CT molecular complexity index is 434. The Balaban J connectivity index is 3.04. The molecule has 0 radical (unpaired) electrons. The molecule has 1 N–H and O–H groups in total. The molecule has 17 heavy (non-hydrogen) atoms. The fraction of sp³-hybridized carbons (Fsp3) is 0.500. The molecule has 5 heteroatoms. The van der Waals surface area contributed by atoms with Gasteiger partial charge in [-0.25, -0.2) is 9.59 Å². The van der Waals surface area contributed by atoms with Crippen LogP contribution in [0.25, 0.3) is 0 Å². The highest BCUT2D eigenvalue weighted by Crippen LogP contribution is 2.19.